The van der Waals surface area contributed by atoms with E-state index in [1.807, 2.05) is 13.8 Å². The van der Waals surface area contributed by atoms with Crippen molar-refractivity contribution in [2.75, 3.05) is 11.1 Å². The molecule has 7 heteroatoms. The number of carbonyl (C=O) groups excluding carboxylic acids is 1. The van der Waals surface area contributed by atoms with Crippen LogP contribution in [0.3, 0.4) is 0 Å². The van der Waals surface area contributed by atoms with E-state index in [9.17, 15) is 4.79 Å². The Morgan fingerprint density at radius 1 is 1.39 bits per heavy atom. The number of nitrogens with one attached hydrogen (secondary N) is 1. The molecule has 0 spiro atoms. The van der Waals surface area contributed by atoms with Crippen molar-refractivity contribution in [3.63, 3.8) is 0 Å². The van der Waals surface area contributed by atoms with Gasteiger partial charge in [0, 0.05) is 0 Å². The molecule has 0 aliphatic carbocycles. The number of amides is 1. The first-order chi connectivity index (χ1) is 8.58. The maximum absolute atomic E-state index is 11.8. The zero-order valence-corrected chi connectivity index (χ0v) is 10.2. The van der Waals surface area contributed by atoms with Crippen LogP contribution in [0, 0.1) is 13.8 Å². The molecule has 2 heterocycles. The van der Waals surface area contributed by atoms with Crippen LogP contribution in [-0.2, 0) is 11.3 Å². The van der Waals surface area contributed by atoms with Crippen molar-refractivity contribution >= 4 is 17.3 Å². The fourth-order valence-electron chi connectivity index (χ4n) is 1.56. The molecular formula is C11H14N6O. The van der Waals surface area contributed by atoms with Crippen LogP contribution in [0.15, 0.2) is 18.7 Å². The van der Waals surface area contributed by atoms with Crippen LogP contribution in [0.25, 0.3) is 0 Å². The van der Waals surface area contributed by atoms with Gasteiger partial charge in [-0.3, -0.25) is 9.48 Å². The highest BCUT2D eigenvalue weighted by atomic mass is 16.2. The second kappa shape index (κ2) is 4.82. The lowest BCUT2D eigenvalue weighted by Crippen LogP contribution is -2.20. The van der Waals surface area contributed by atoms with Crippen LogP contribution in [0.4, 0.5) is 11.4 Å². The van der Waals surface area contributed by atoms with Crippen LogP contribution >= 0.6 is 0 Å². The molecule has 0 unspecified atom stereocenters. The number of anilines is 2. The highest BCUT2D eigenvalue weighted by Gasteiger charge is 2.11. The summed E-state index contributed by atoms with van der Waals surface area (Å²) in [4.78, 5) is 19.4. The van der Waals surface area contributed by atoms with Gasteiger partial charge in [0.2, 0.25) is 5.91 Å². The van der Waals surface area contributed by atoms with E-state index in [4.69, 9.17) is 5.73 Å². The molecule has 0 aliphatic heterocycles. The van der Waals surface area contributed by atoms with Gasteiger partial charge in [-0.05, 0) is 13.8 Å². The average molecular weight is 246 g/mol. The van der Waals surface area contributed by atoms with Crippen LogP contribution in [-0.4, -0.2) is 25.7 Å². The van der Waals surface area contributed by atoms with E-state index in [0.29, 0.717) is 11.4 Å². The molecular weight excluding hydrogens is 232 g/mol. The molecule has 2 rings (SSSR count). The highest BCUT2D eigenvalue weighted by molar-refractivity contribution is 5.90. The summed E-state index contributed by atoms with van der Waals surface area (Å²) in [5.74, 6) is -0.199. The van der Waals surface area contributed by atoms with Gasteiger partial charge in [-0.15, -0.1) is 0 Å². The van der Waals surface area contributed by atoms with Gasteiger partial charge >= 0.3 is 0 Å². The number of carbonyl (C=O) groups is 1. The van der Waals surface area contributed by atoms with E-state index in [-0.39, 0.29) is 12.5 Å². The zero-order chi connectivity index (χ0) is 13.1. The number of hydrogen-bond donors (Lipinski definition) is 2. The smallest absolute Gasteiger partial charge is 0.246 e. The quantitative estimate of drug-likeness (QED) is 0.822. The molecule has 3 N–H and O–H groups in total. The molecule has 0 atom stereocenters. The molecule has 0 aromatic carbocycles. The van der Waals surface area contributed by atoms with E-state index in [1.54, 1.807) is 4.68 Å². The van der Waals surface area contributed by atoms with Gasteiger partial charge in [0.15, 0.2) is 0 Å². The normalized spacial score (nSPS) is 10.3. The molecule has 1 amide bonds. The van der Waals surface area contributed by atoms with E-state index in [0.717, 1.165) is 11.4 Å². The minimum Gasteiger partial charge on any atom is -0.396 e. The molecule has 94 valence electrons. The number of hydrogen-bond acceptors (Lipinski definition) is 5. The van der Waals surface area contributed by atoms with Gasteiger partial charge in [0.25, 0.3) is 0 Å². The Labute approximate surface area is 104 Å². The third-order valence-corrected chi connectivity index (χ3v) is 2.58. The summed E-state index contributed by atoms with van der Waals surface area (Å²) >= 11 is 0. The maximum Gasteiger partial charge on any atom is 0.246 e. The second-order valence-corrected chi connectivity index (χ2v) is 3.92. The van der Waals surface area contributed by atoms with Gasteiger partial charge in [-0.1, -0.05) is 0 Å². The van der Waals surface area contributed by atoms with Gasteiger partial charge in [0.05, 0.1) is 35.2 Å². The minimum absolute atomic E-state index is 0.110. The predicted octanol–water partition coefficient (Wildman–Crippen LogP) is 0.511. The Hall–Kier alpha value is -2.44. The van der Waals surface area contributed by atoms with Gasteiger partial charge in [-0.2, -0.15) is 5.10 Å². The van der Waals surface area contributed by atoms with Crippen molar-refractivity contribution in [2.24, 2.45) is 0 Å². The Bertz CT molecular complexity index is 562. The lowest BCUT2D eigenvalue weighted by molar-refractivity contribution is -0.116. The Kier molecular flexibility index (Phi) is 3.22. The topological polar surface area (TPSA) is 98.7 Å². The SMILES string of the molecule is Cc1nn(CC(=O)Nc2cncnc2)c(C)c1N. The van der Waals surface area contributed by atoms with Crippen molar-refractivity contribution in [3.05, 3.63) is 30.1 Å². The number of aromatic nitrogens is 4. The average Bonchev–Trinajstić information content (AvgIpc) is 2.58. The highest BCUT2D eigenvalue weighted by Crippen LogP contribution is 2.14. The molecule has 0 saturated carbocycles. The molecule has 0 bridgehead atoms. The first-order valence-corrected chi connectivity index (χ1v) is 5.42. The Morgan fingerprint density at radius 3 is 2.61 bits per heavy atom. The summed E-state index contributed by atoms with van der Waals surface area (Å²) < 4.78 is 1.57. The molecule has 0 fully saturated rings. The van der Waals surface area contributed by atoms with Crippen molar-refractivity contribution in [3.8, 4) is 0 Å². The maximum atomic E-state index is 11.8. The zero-order valence-electron chi connectivity index (χ0n) is 10.2. The third kappa shape index (κ3) is 2.45. The van der Waals surface area contributed by atoms with Crippen molar-refractivity contribution in [1.82, 2.24) is 19.7 Å². The van der Waals surface area contributed by atoms with Crippen molar-refractivity contribution < 1.29 is 4.79 Å². The van der Waals surface area contributed by atoms with E-state index in [2.05, 4.69) is 20.4 Å². The minimum atomic E-state index is -0.199. The fourth-order valence-corrected chi connectivity index (χ4v) is 1.56. The Balaban J connectivity index is 2.06. The first kappa shape index (κ1) is 12.0. The molecule has 2 aromatic rings. The first-order valence-electron chi connectivity index (χ1n) is 5.42. The summed E-state index contributed by atoms with van der Waals surface area (Å²) in [7, 11) is 0. The van der Waals surface area contributed by atoms with Gasteiger partial charge < -0.3 is 11.1 Å². The van der Waals surface area contributed by atoms with Crippen LogP contribution in [0.2, 0.25) is 0 Å². The lowest BCUT2D eigenvalue weighted by Gasteiger charge is -2.05. The van der Waals surface area contributed by atoms with Crippen LogP contribution in [0.1, 0.15) is 11.4 Å². The van der Waals surface area contributed by atoms with E-state index >= 15 is 0 Å². The molecule has 0 radical (unpaired) electrons. The number of nitrogen functional groups attached to an aromatic ring is 1. The molecule has 0 aliphatic rings. The number of nitrogens with zero attached hydrogens (tertiary/aromatic N) is 4. The van der Waals surface area contributed by atoms with E-state index in [1.165, 1.54) is 18.7 Å². The van der Waals surface area contributed by atoms with E-state index < -0.39 is 0 Å². The molecule has 0 saturated heterocycles. The fraction of sp³-hybridized carbons (Fsp3) is 0.273. The standard InChI is InChI=1S/C11H14N6O/c1-7-11(12)8(2)17(16-7)5-10(18)15-9-3-13-6-14-4-9/h3-4,6H,5,12H2,1-2H3,(H,15,18). The largest absolute Gasteiger partial charge is 0.396 e. The third-order valence-electron chi connectivity index (χ3n) is 2.58. The molecule has 2 aromatic heterocycles. The number of rotatable bonds is 3. The second-order valence-electron chi connectivity index (χ2n) is 3.92. The van der Waals surface area contributed by atoms with Crippen LogP contribution < -0.4 is 11.1 Å². The lowest BCUT2D eigenvalue weighted by atomic mass is 10.3. The predicted molar refractivity (Wildman–Crippen MR) is 66.8 cm³/mol. The van der Waals surface area contributed by atoms with Gasteiger partial charge in [-0.25, -0.2) is 9.97 Å². The van der Waals surface area contributed by atoms with Crippen molar-refractivity contribution in [1.29, 1.82) is 0 Å². The summed E-state index contributed by atoms with van der Waals surface area (Å²) in [5.41, 5.74) is 8.47. The van der Waals surface area contributed by atoms with Crippen LogP contribution in [0.5, 0.6) is 0 Å². The summed E-state index contributed by atoms with van der Waals surface area (Å²) in [6.45, 7) is 3.74. The monoisotopic (exact) mass is 246 g/mol. The summed E-state index contributed by atoms with van der Waals surface area (Å²) in [6.07, 6.45) is 4.46. The molecule has 18 heavy (non-hydrogen) atoms. The van der Waals surface area contributed by atoms with Crippen molar-refractivity contribution in [2.45, 2.75) is 20.4 Å². The summed E-state index contributed by atoms with van der Waals surface area (Å²) in [6, 6.07) is 0. The summed E-state index contributed by atoms with van der Waals surface area (Å²) in [5, 5.41) is 6.87. The molecule has 7 nitrogen and oxygen atoms in total. The van der Waals surface area contributed by atoms with Gasteiger partial charge in [0.1, 0.15) is 12.9 Å². The number of aryl methyl sites for hydroxylation is 1. The Morgan fingerprint density at radius 2 is 2.06 bits per heavy atom. The number of nitrogens with two attached hydrogens (primary N) is 1.